The number of hydrogen-bond acceptors (Lipinski definition) is 2. The molecule has 0 aliphatic rings. The Balaban J connectivity index is 3.28. The lowest BCUT2D eigenvalue weighted by atomic mass is 10.1. The van der Waals surface area contributed by atoms with Gasteiger partial charge in [-0.25, -0.2) is 8.78 Å². The Bertz CT molecular complexity index is 354. The third kappa shape index (κ3) is 2.10. The summed E-state index contributed by atoms with van der Waals surface area (Å²) < 4.78 is 26.0. The van der Waals surface area contributed by atoms with E-state index >= 15 is 0 Å². The summed E-state index contributed by atoms with van der Waals surface area (Å²) in [6.07, 6.45) is 0. The molecule has 5 heteroatoms. The van der Waals surface area contributed by atoms with Crippen molar-refractivity contribution in [3.63, 3.8) is 0 Å². The van der Waals surface area contributed by atoms with E-state index < -0.39 is 17.4 Å². The van der Waals surface area contributed by atoms with Crippen LogP contribution in [0.2, 0.25) is 0 Å². The van der Waals surface area contributed by atoms with Crippen LogP contribution >= 0.6 is 15.9 Å². The summed E-state index contributed by atoms with van der Waals surface area (Å²) in [4.78, 5) is 11.0. The van der Waals surface area contributed by atoms with Gasteiger partial charge in [-0.3, -0.25) is 4.79 Å². The first-order valence-corrected chi connectivity index (χ1v) is 4.23. The minimum absolute atomic E-state index is 0.309. The summed E-state index contributed by atoms with van der Waals surface area (Å²) >= 11 is 2.94. The number of rotatable bonds is 2. The van der Waals surface area contributed by atoms with Crippen LogP contribution in [0.15, 0.2) is 16.6 Å². The van der Waals surface area contributed by atoms with E-state index in [9.17, 15) is 13.6 Å². The maximum Gasteiger partial charge on any atom is 0.179 e. The Morgan fingerprint density at radius 2 is 2.08 bits per heavy atom. The highest BCUT2D eigenvalue weighted by molar-refractivity contribution is 9.10. The molecule has 1 aromatic rings. The van der Waals surface area contributed by atoms with Crippen LogP contribution in [0.4, 0.5) is 8.78 Å². The van der Waals surface area contributed by atoms with Gasteiger partial charge < -0.3 is 5.73 Å². The zero-order valence-corrected chi connectivity index (χ0v) is 8.07. The van der Waals surface area contributed by atoms with E-state index in [0.717, 1.165) is 6.07 Å². The lowest BCUT2D eigenvalue weighted by Gasteiger charge is -2.01. The van der Waals surface area contributed by atoms with Gasteiger partial charge in [-0.05, 0) is 12.1 Å². The first-order valence-electron chi connectivity index (χ1n) is 3.44. The van der Waals surface area contributed by atoms with Crippen molar-refractivity contribution in [2.24, 2.45) is 5.73 Å². The van der Waals surface area contributed by atoms with Crippen molar-refractivity contribution in [2.45, 2.75) is 0 Å². The van der Waals surface area contributed by atoms with Gasteiger partial charge in [-0.2, -0.15) is 0 Å². The zero-order valence-electron chi connectivity index (χ0n) is 6.48. The molecule has 0 bridgehead atoms. The van der Waals surface area contributed by atoms with E-state index in [1.165, 1.54) is 6.07 Å². The molecule has 0 atom stereocenters. The van der Waals surface area contributed by atoms with Crippen molar-refractivity contribution < 1.29 is 13.6 Å². The number of ketones is 1. The number of hydrogen-bond donors (Lipinski definition) is 1. The predicted molar refractivity (Wildman–Crippen MR) is 47.4 cm³/mol. The van der Waals surface area contributed by atoms with Crippen LogP contribution in [0.3, 0.4) is 0 Å². The van der Waals surface area contributed by atoms with Gasteiger partial charge >= 0.3 is 0 Å². The number of carbonyl (C=O) groups excluding carboxylic acids is 1. The third-order valence-corrected chi connectivity index (χ3v) is 1.94. The fourth-order valence-electron chi connectivity index (χ4n) is 0.869. The largest absolute Gasteiger partial charge is 0.324 e. The van der Waals surface area contributed by atoms with Crippen molar-refractivity contribution in [1.82, 2.24) is 0 Å². The Hall–Kier alpha value is -0.810. The molecule has 13 heavy (non-hydrogen) atoms. The number of nitrogens with two attached hydrogens (primary N) is 1. The van der Waals surface area contributed by atoms with Crippen LogP contribution in [0.25, 0.3) is 0 Å². The van der Waals surface area contributed by atoms with E-state index in [2.05, 4.69) is 15.9 Å². The SMILES string of the molecule is NCC(=O)c1cc(Br)cc(F)c1F. The summed E-state index contributed by atoms with van der Waals surface area (Å²) in [7, 11) is 0. The normalized spacial score (nSPS) is 10.2. The summed E-state index contributed by atoms with van der Waals surface area (Å²) in [5, 5.41) is 0. The molecule has 2 N–H and O–H groups in total. The van der Waals surface area contributed by atoms with E-state index in [1.807, 2.05) is 0 Å². The van der Waals surface area contributed by atoms with Crippen molar-refractivity contribution in [1.29, 1.82) is 0 Å². The Labute approximate surface area is 81.9 Å². The number of halogens is 3. The first kappa shape index (κ1) is 10.3. The molecule has 1 aromatic carbocycles. The van der Waals surface area contributed by atoms with E-state index in [-0.39, 0.29) is 12.1 Å². The molecule has 0 aliphatic carbocycles. The summed E-state index contributed by atoms with van der Waals surface area (Å²) in [5.41, 5.74) is 4.69. The van der Waals surface area contributed by atoms with Crippen LogP contribution in [0.1, 0.15) is 10.4 Å². The molecule has 0 saturated carbocycles. The van der Waals surface area contributed by atoms with Crippen molar-refractivity contribution in [3.8, 4) is 0 Å². The maximum atomic E-state index is 12.9. The molecule has 0 saturated heterocycles. The Morgan fingerprint density at radius 3 is 2.62 bits per heavy atom. The standard InChI is InChI=1S/C8H6BrF2NO/c9-4-1-5(7(13)3-12)8(11)6(10)2-4/h1-2H,3,12H2. The molecule has 0 aromatic heterocycles. The second kappa shape index (κ2) is 3.93. The highest BCUT2D eigenvalue weighted by atomic mass is 79.9. The summed E-state index contributed by atoms with van der Waals surface area (Å²) in [6.45, 7) is -0.340. The maximum absolute atomic E-state index is 12.9. The van der Waals surface area contributed by atoms with Crippen LogP contribution < -0.4 is 5.73 Å². The fraction of sp³-hybridized carbons (Fsp3) is 0.125. The average Bonchev–Trinajstić information content (AvgIpc) is 2.10. The van der Waals surface area contributed by atoms with Crippen LogP contribution in [0, 0.1) is 11.6 Å². The number of carbonyl (C=O) groups is 1. The molecule has 1 rings (SSSR count). The van der Waals surface area contributed by atoms with Crippen molar-refractivity contribution in [2.75, 3.05) is 6.54 Å². The quantitative estimate of drug-likeness (QED) is 0.643. The molecule has 0 spiro atoms. The monoisotopic (exact) mass is 249 g/mol. The van der Waals surface area contributed by atoms with Gasteiger partial charge in [0.15, 0.2) is 17.4 Å². The fourth-order valence-corrected chi connectivity index (χ4v) is 1.30. The van der Waals surface area contributed by atoms with Crippen molar-refractivity contribution in [3.05, 3.63) is 33.8 Å². The summed E-state index contributed by atoms with van der Waals surface area (Å²) in [6, 6.07) is 2.15. The van der Waals surface area contributed by atoms with E-state index in [4.69, 9.17) is 5.73 Å². The van der Waals surface area contributed by atoms with Crippen LogP contribution in [-0.2, 0) is 0 Å². The number of benzene rings is 1. The van der Waals surface area contributed by atoms with E-state index in [0.29, 0.717) is 4.47 Å². The molecule has 2 nitrogen and oxygen atoms in total. The highest BCUT2D eigenvalue weighted by Crippen LogP contribution is 2.19. The third-order valence-electron chi connectivity index (χ3n) is 1.48. The van der Waals surface area contributed by atoms with Crippen molar-refractivity contribution >= 4 is 21.7 Å². The van der Waals surface area contributed by atoms with Gasteiger partial charge in [0, 0.05) is 4.47 Å². The summed E-state index contributed by atoms with van der Waals surface area (Å²) in [5.74, 6) is -2.84. The molecule has 0 heterocycles. The second-order valence-corrected chi connectivity index (χ2v) is 3.29. The molecule has 0 amide bonds. The van der Waals surface area contributed by atoms with Gasteiger partial charge in [0.1, 0.15) is 0 Å². The van der Waals surface area contributed by atoms with Crippen LogP contribution in [0.5, 0.6) is 0 Å². The average molecular weight is 250 g/mol. The first-order chi connectivity index (χ1) is 6.06. The van der Waals surface area contributed by atoms with Gasteiger partial charge in [-0.1, -0.05) is 15.9 Å². The second-order valence-electron chi connectivity index (χ2n) is 2.38. The van der Waals surface area contributed by atoms with Gasteiger partial charge in [0.25, 0.3) is 0 Å². The van der Waals surface area contributed by atoms with Gasteiger partial charge in [0.2, 0.25) is 0 Å². The van der Waals surface area contributed by atoms with Crippen LogP contribution in [-0.4, -0.2) is 12.3 Å². The van der Waals surface area contributed by atoms with Gasteiger partial charge in [-0.15, -0.1) is 0 Å². The Kier molecular flexibility index (Phi) is 3.11. The molecule has 0 unspecified atom stereocenters. The topological polar surface area (TPSA) is 43.1 Å². The molecular formula is C8H6BrF2NO. The minimum Gasteiger partial charge on any atom is -0.324 e. The molecular weight excluding hydrogens is 244 g/mol. The molecule has 70 valence electrons. The number of Topliss-reactive ketones (excluding diaryl/α,β-unsaturated/α-hetero) is 1. The van der Waals surface area contributed by atoms with Gasteiger partial charge in [0.05, 0.1) is 12.1 Å². The Morgan fingerprint density at radius 1 is 1.46 bits per heavy atom. The zero-order chi connectivity index (χ0) is 10.0. The van der Waals surface area contributed by atoms with E-state index in [1.54, 1.807) is 0 Å². The molecule has 0 aliphatic heterocycles. The predicted octanol–water partition coefficient (Wildman–Crippen LogP) is 1.87. The molecule has 0 radical (unpaired) electrons. The minimum atomic E-state index is -1.15. The lowest BCUT2D eigenvalue weighted by molar-refractivity contribution is 0.0996. The molecule has 0 fully saturated rings. The lowest BCUT2D eigenvalue weighted by Crippen LogP contribution is -2.15. The highest BCUT2D eigenvalue weighted by Gasteiger charge is 2.15. The smallest absolute Gasteiger partial charge is 0.179 e.